The molecule has 0 atom stereocenters. The number of aryl methyl sites for hydroxylation is 2. The van der Waals surface area contributed by atoms with Crippen LogP contribution in [0.3, 0.4) is 0 Å². The summed E-state index contributed by atoms with van der Waals surface area (Å²) in [5, 5.41) is 13.0. The first-order valence-electron chi connectivity index (χ1n) is 6.21. The number of nitro groups is 1. The summed E-state index contributed by atoms with van der Waals surface area (Å²) in [5.74, 6) is -1.24. The lowest BCUT2D eigenvalue weighted by molar-refractivity contribution is -0.384. The maximum atomic E-state index is 13.6. The molecule has 0 bridgehead atoms. The molecule has 21 heavy (non-hydrogen) atoms. The molecular formula is C15H13FN2O3. The minimum absolute atomic E-state index is 0.215. The van der Waals surface area contributed by atoms with E-state index in [0.29, 0.717) is 5.56 Å². The Morgan fingerprint density at radius 3 is 2.48 bits per heavy atom. The molecule has 0 aliphatic rings. The van der Waals surface area contributed by atoms with Crippen molar-refractivity contribution in [3.63, 3.8) is 0 Å². The zero-order chi connectivity index (χ0) is 15.6. The molecule has 6 heteroatoms. The molecule has 0 saturated heterocycles. The molecule has 0 aliphatic heterocycles. The van der Waals surface area contributed by atoms with Crippen LogP contribution in [0, 0.1) is 29.8 Å². The summed E-state index contributed by atoms with van der Waals surface area (Å²) in [6.07, 6.45) is 0. The number of non-ortho nitro benzene ring substituents is 1. The number of rotatable bonds is 3. The Labute approximate surface area is 120 Å². The third-order valence-electron chi connectivity index (χ3n) is 3.18. The van der Waals surface area contributed by atoms with Crippen LogP contribution in [0.15, 0.2) is 36.4 Å². The van der Waals surface area contributed by atoms with Gasteiger partial charge in [-0.15, -0.1) is 0 Å². The first-order valence-corrected chi connectivity index (χ1v) is 6.21. The van der Waals surface area contributed by atoms with Gasteiger partial charge < -0.3 is 5.32 Å². The Balaban J connectivity index is 2.28. The summed E-state index contributed by atoms with van der Waals surface area (Å²) in [7, 11) is 0. The monoisotopic (exact) mass is 288 g/mol. The minimum Gasteiger partial charge on any atom is -0.319 e. The van der Waals surface area contributed by atoms with Gasteiger partial charge in [0, 0.05) is 17.7 Å². The van der Waals surface area contributed by atoms with Crippen LogP contribution < -0.4 is 5.32 Å². The summed E-state index contributed by atoms with van der Waals surface area (Å²) in [5.41, 5.74) is 1.83. The fourth-order valence-electron chi connectivity index (χ4n) is 1.80. The average molecular weight is 288 g/mol. The second-order valence-electron chi connectivity index (χ2n) is 4.67. The van der Waals surface area contributed by atoms with Crippen LogP contribution in [0.2, 0.25) is 0 Å². The van der Waals surface area contributed by atoms with E-state index in [2.05, 4.69) is 5.32 Å². The van der Waals surface area contributed by atoms with Gasteiger partial charge in [0.05, 0.1) is 10.6 Å². The van der Waals surface area contributed by atoms with Crippen LogP contribution in [-0.4, -0.2) is 10.8 Å². The van der Waals surface area contributed by atoms with Crippen molar-refractivity contribution in [1.82, 2.24) is 0 Å². The average Bonchev–Trinajstić information content (AvgIpc) is 2.43. The summed E-state index contributed by atoms with van der Waals surface area (Å²) in [6.45, 7) is 3.78. The molecule has 5 nitrogen and oxygen atoms in total. The van der Waals surface area contributed by atoms with Gasteiger partial charge in [0.2, 0.25) is 0 Å². The number of nitrogens with one attached hydrogen (secondary N) is 1. The van der Waals surface area contributed by atoms with E-state index in [1.54, 1.807) is 18.2 Å². The lowest BCUT2D eigenvalue weighted by Crippen LogP contribution is -2.13. The second-order valence-corrected chi connectivity index (χ2v) is 4.67. The van der Waals surface area contributed by atoms with Gasteiger partial charge in [-0.25, -0.2) is 4.39 Å². The standard InChI is InChI=1S/C15H13FN2O3/c1-9-3-4-11(7-10(9)2)15(19)17-14-8-12(18(20)21)5-6-13(14)16/h3-8H,1-2H3,(H,17,19). The first kappa shape index (κ1) is 14.6. The smallest absolute Gasteiger partial charge is 0.271 e. The predicted molar refractivity (Wildman–Crippen MR) is 76.9 cm³/mol. The minimum atomic E-state index is -0.724. The Morgan fingerprint density at radius 2 is 1.86 bits per heavy atom. The van der Waals surface area contributed by atoms with E-state index < -0.39 is 16.6 Å². The highest BCUT2D eigenvalue weighted by Gasteiger charge is 2.14. The quantitative estimate of drug-likeness (QED) is 0.692. The van der Waals surface area contributed by atoms with Crippen molar-refractivity contribution < 1.29 is 14.1 Å². The lowest BCUT2D eigenvalue weighted by Gasteiger charge is -2.08. The van der Waals surface area contributed by atoms with Gasteiger partial charge in [-0.1, -0.05) is 6.07 Å². The SMILES string of the molecule is Cc1ccc(C(=O)Nc2cc([N+](=O)[O-])ccc2F)cc1C. The number of nitro benzene ring substituents is 1. The van der Waals surface area contributed by atoms with Gasteiger partial charge in [0.1, 0.15) is 5.82 Å². The number of benzene rings is 2. The molecular weight excluding hydrogens is 275 g/mol. The zero-order valence-electron chi connectivity index (χ0n) is 11.5. The van der Waals surface area contributed by atoms with Crippen LogP contribution in [0.4, 0.5) is 15.8 Å². The highest BCUT2D eigenvalue weighted by atomic mass is 19.1. The molecule has 2 aromatic rings. The molecule has 0 aliphatic carbocycles. The molecule has 0 saturated carbocycles. The van der Waals surface area contributed by atoms with Crippen molar-refractivity contribution in [2.24, 2.45) is 0 Å². The largest absolute Gasteiger partial charge is 0.319 e. The highest BCUT2D eigenvalue weighted by Crippen LogP contribution is 2.22. The second kappa shape index (κ2) is 5.70. The van der Waals surface area contributed by atoms with Gasteiger partial charge in [-0.3, -0.25) is 14.9 Å². The molecule has 1 amide bonds. The molecule has 0 unspecified atom stereocenters. The normalized spacial score (nSPS) is 10.2. The van der Waals surface area contributed by atoms with E-state index in [9.17, 15) is 19.3 Å². The number of halogens is 1. The van der Waals surface area contributed by atoms with Crippen molar-refractivity contribution in [2.45, 2.75) is 13.8 Å². The van der Waals surface area contributed by atoms with Crippen LogP contribution >= 0.6 is 0 Å². The Morgan fingerprint density at radius 1 is 1.14 bits per heavy atom. The molecule has 0 aromatic heterocycles. The molecule has 0 fully saturated rings. The molecule has 0 radical (unpaired) electrons. The van der Waals surface area contributed by atoms with Crippen molar-refractivity contribution in [3.05, 3.63) is 69.0 Å². The van der Waals surface area contributed by atoms with Gasteiger partial charge in [0.15, 0.2) is 0 Å². The predicted octanol–water partition coefficient (Wildman–Crippen LogP) is 3.60. The number of amides is 1. The number of hydrogen-bond acceptors (Lipinski definition) is 3. The molecule has 1 N–H and O–H groups in total. The van der Waals surface area contributed by atoms with E-state index >= 15 is 0 Å². The van der Waals surface area contributed by atoms with Crippen molar-refractivity contribution in [1.29, 1.82) is 0 Å². The van der Waals surface area contributed by atoms with Gasteiger partial charge in [-0.2, -0.15) is 0 Å². The zero-order valence-corrected chi connectivity index (χ0v) is 11.5. The Hall–Kier alpha value is -2.76. The third-order valence-corrected chi connectivity index (χ3v) is 3.18. The summed E-state index contributed by atoms with van der Waals surface area (Å²) < 4.78 is 13.6. The summed E-state index contributed by atoms with van der Waals surface area (Å²) >= 11 is 0. The van der Waals surface area contributed by atoms with E-state index in [4.69, 9.17) is 0 Å². The molecule has 0 heterocycles. The van der Waals surface area contributed by atoms with Gasteiger partial charge >= 0.3 is 0 Å². The fourth-order valence-corrected chi connectivity index (χ4v) is 1.80. The van der Waals surface area contributed by atoms with Crippen LogP contribution in [-0.2, 0) is 0 Å². The maximum Gasteiger partial charge on any atom is 0.271 e. The number of anilines is 1. The van der Waals surface area contributed by atoms with E-state index in [0.717, 1.165) is 29.3 Å². The summed E-state index contributed by atoms with van der Waals surface area (Å²) in [6, 6.07) is 8.07. The number of carbonyl (C=O) groups is 1. The Bertz CT molecular complexity index is 729. The van der Waals surface area contributed by atoms with Crippen molar-refractivity contribution in [3.8, 4) is 0 Å². The lowest BCUT2D eigenvalue weighted by atomic mass is 10.1. The van der Waals surface area contributed by atoms with E-state index in [1.807, 2.05) is 13.8 Å². The van der Waals surface area contributed by atoms with Crippen molar-refractivity contribution in [2.75, 3.05) is 5.32 Å². The van der Waals surface area contributed by atoms with E-state index in [-0.39, 0.29) is 11.4 Å². The number of hydrogen-bond donors (Lipinski definition) is 1. The molecule has 2 aromatic carbocycles. The molecule has 2 rings (SSSR count). The van der Waals surface area contributed by atoms with Gasteiger partial charge in [-0.05, 0) is 43.2 Å². The van der Waals surface area contributed by atoms with Crippen LogP contribution in [0.1, 0.15) is 21.5 Å². The number of nitrogens with zero attached hydrogens (tertiary/aromatic N) is 1. The maximum absolute atomic E-state index is 13.6. The van der Waals surface area contributed by atoms with Gasteiger partial charge in [0.25, 0.3) is 11.6 Å². The highest BCUT2D eigenvalue weighted by molar-refractivity contribution is 6.04. The summed E-state index contributed by atoms with van der Waals surface area (Å²) in [4.78, 5) is 22.1. The van der Waals surface area contributed by atoms with Crippen molar-refractivity contribution >= 4 is 17.3 Å². The number of carbonyl (C=O) groups excluding carboxylic acids is 1. The van der Waals surface area contributed by atoms with Crippen LogP contribution in [0.5, 0.6) is 0 Å². The fraction of sp³-hybridized carbons (Fsp3) is 0.133. The first-order chi connectivity index (χ1) is 9.88. The van der Waals surface area contributed by atoms with Crippen LogP contribution in [0.25, 0.3) is 0 Å². The van der Waals surface area contributed by atoms with E-state index in [1.165, 1.54) is 0 Å². The topological polar surface area (TPSA) is 72.2 Å². The third kappa shape index (κ3) is 3.22. The Kier molecular flexibility index (Phi) is 3.98. The molecule has 0 spiro atoms. The molecule has 108 valence electrons.